The molecule has 0 saturated carbocycles. The Morgan fingerprint density at radius 2 is 1.90 bits per heavy atom. The van der Waals surface area contributed by atoms with E-state index in [1.165, 1.54) is 0 Å². The highest BCUT2D eigenvalue weighted by molar-refractivity contribution is 5.93. The number of hydrogen-bond acceptors (Lipinski definition) is 2. The van der Waals surface area contributed by atoms with E-state index in [0.29, 0.717) is 0 Å². The van der Waals surface area contributed by atoms with Gasteiger partial charge in [-0.15, -0.1) is 0 Å². The molecule has 0 bridgehead atoms. The molecule has 110 valence electrons. The molecule has 0 atom stereocenters. The van der Waals surface area contributed by atoms with Crippen molar-refractivity contribution in [2.45, 2.75) is 39.2 Å². The number of rotatable bonds is 5. The zero-order valence-electron chi connectivity index (χ0n) is 11.8. The molecule has 0 aliphatic rings. The fourth-order valence-corrected chi connectivity index (χ4v) is 1.61. The topological polar surface area (TPSA) is 78.4 Å². The van der Waals surface area contributed by atoms with Gasteiger partial charge in [-0.05, 0) is 38.0 Å². The number of benzene rings is 1. The average molecular weight is 282 g/mol. The van der Waals surface area contributed by atoms with Gasteiger partial charge in [-0.2, -0.15) is 0 Å². The molecule has 0 fully saturated rings. The predicted molar refractivity (Wildman–Crippen MR) is 74.5 cm³/mol. The summed E-state index contributed by atoms with van der Waals surface area (Å²) < 4.78 is 13.6. The Balaban J connectivity index is 2.85. The third-order valence-electron chi connectivity index (χ3n) is 3.44. The van der Waals surface area contributed by atoms with Crippen LogP contribution in [0.2, 0.25) is 0 Å². The smallest absolute Gasteiger partial charge is 0.335 e. The van der Waals surface area contributed by atoms with Gasteiger partial charge in [0.25, 0.3) is 0 Å². The van der Waals surface area contributed by atoms with Crippen LogP contribution in [0.5, 0.6) is 0 Å². The Hall–Kier alpha value is -2.11. The zero-order valence-corrected chi connectivity index (χ0v) is 11.8. The molecule has 0 saturated heterocycles. The molecule has 1 aromatic rings. The Kier molecular flexibility index (Phi) is 5.07. The van der Waals surface area contributed by atoms with Crippen LogP contribution < -0.4 is 10.6 Å². The van der Waals surface area contributed by atoms with E-state index in [1.807, 2.05) is 20.8 Å². The lowest BCUT2D eigenvalue weighted by molar-refractivity contribution is 0.0697. The quantitative estimate of drug-likeness (QED) is 0.775. The van der Waals surface area contributed by atoms with Crippen LogP contribution >= 0.6 is 0 Å². The van der Waals surface area contributed by atoms with Crippen LogP contribution in [0, 0.1) is 5.82 Å². The number of anilines is 1. The summed E-state index contributed by atoms with van der Waals surface area (Å²) in [5, 5.41) is 13.9. The maximum atomic E-state index is 13.6. The van der Waals surface area contributed by atoms with E-state index in [1.54, 1.807) is 0 Å². The summed E-state index contributed by atoms with van der Waals surface area (Å²) in [6.45, 7) is 5.77. The Morgan fingerprint density at radius 3 is 2.40 bits per heavy atom. The molecule has 0 heterocycles. The molecule has 0 aliphatic carbocycles. The molecule has 0 aromatic heterocycles. The molecule has 0 unspecified atom stereocenters. The van der Waals surface area contributed by atoms with E-state index >= 15 is 0 Å². The summed E-state index contributed by atoms with van der Waals surface area (Å²) in [6, 6.07) is 2.69. The molecule has 1 rings (SSSR count). The Morgan fingerprint density at radius 1 is 1.30 bits per heavy atom. The average Bonchev–Trinajstić information content (AvgIpc) is 2.40. The molecule has 0 aliphatic heterocycles. The number of urea groups is 1. The van der Waals surface area contributed by atoms with E-state index in [9.17, 15) is 14.0 Å². The predicted octanol–water partition coefficient (Wildman–Crippen LogP) is 3.22. The van der Waals surface area contributed by atoms with Crippen LogP contribution in [0.4, 0.5) is 14.9 Å². The minimum atomic E-state index is -1.18. The lowest BCUT2D eigenvalue weighted by atomic mass is 9.96. The minimum absolute atomic E-state index is 0.0876. The monoisotopic (exact) mass is 282 g/mol. The van der Waals surface area contributed by atoms with Crippen molar-refractivity contribution in [3.63, 3.8) is 0 Å². The second kappa shape index (κ2) is 6.36. The number of hydrogen-bond donors (Lipinski definition) is 3. The minimum Gasteiger partial charge on any atom is -0.478 e. The van der Waals surface area contributed by atoms with Gasteiger partial charge in [0.2, 0.25) is 0 Å². The maximum absolute atomic E-state index is 13.6. The van der Waals surface area contributed by atoms with Crippen LogP contribution in [0.25, 0.3) is 0 Å². The van der Waals surface area contributed by atoms with Crippen molar-refractivity contribution in [3.8, 4) is 0 Å². The van der Waals surface area contributed by atoms with Crippen LogP contribution in [0.15, 0.2) is 18.2 Å². The SMILES string of the molecule is CCC(C)(CC)NC(=O)Nc1cc(C(=O)O)ccc1F. The largest absolute Gasteiger partial charge is 0.478 e. The molecule has 20 heavy (non-hydrogen) atoms. The van der Waals surface area contributed by atoms with Gasteiger partial charge in [-0.1, -0.05) is 13.8 Å². The maximum Gasteiger partial charge on any atom is 0.335 e. The Bertz CT molecular complexity index is 513. The molecule has 5 nitrogen and oxygen atoms in total. The highest BCUT2D eigenvalue weighted by atomic mass is 19.1. The fourth-order valence-electron chi connectivity index (χ4n) is 1.61. The van der Waals surface area contributed by atoms with Crippen LogP contribution in [-0.4, -0.2) is 22.6 Å². The van der Waals surface area contributed by atoms with E-state index in [4.69, 9.17) is 5.11 Å². The normalized spacial score (nSPS) is 11.0. The number of carbonyl (C=O) groups is 2. The van der Waals surface area contributed by atoms with Crippen molar-refractivity contribution in [3.05, 3.63) is 29.6 Å². The summed E-state index contributed by atoms with van der Waals surface area (Å²) in [4.78, 5) is 22.7. The molecule has 3 N–H and O–H groups in total. The van der Waals surface area contributed by atoms with Crippen molar-refractivity contribution < 1.29 is 19.1 Å². The van der Waals surface area contributed by atoms with E-state index in [0.717, 1.165) is 31.0 Å². The van der Waals surface area contributed by atoms with Crippen molar-refractivity contribution >= 4 is 17.7 Å². The van der Waals surface area contributed by atoms with E-state index < -0.39 is 17.8 Å². The number of carboxylic acid groups (broad SMARTS) is 1. The molecule has 0 spiro atoms. The zero-order chi connectivity index (χ0) is 15.3. The number of amides is 2. The second-order valence-electron chi connectivity index (χ2n) is 4.85. The summed E-state index contributed by atoms with van der Waals surface area (Å²) in [7, 11) is 0. The highest BCUT2D eigenvalue weighted by Gasteiger charge is 2.22. The first kappa shape index (κ1) is 15.9. The fraction of sp³-hybridized carbons (Fsp3) is 0.429. The van der Waals surface area contributed by atoms with Gasteiger partial charge in [0, 0.05) is 5.54 Å². The molecular formula is C14H19FN2O3. The molecule has 1 aromatic carbocycles. The number of carboxylic acids is 1. The number of halogens is 1. The molecule has 2 amide bonds. The lowest BCUT2D eigenvalue weighted by Gasteiger charge is -2.28. The molecular weight excluding hydrogens is 263 g/mol. The molecule has 6 heteroatoms. The molecule has 0 radical (unpaired) electrons. The second-order valence-corrected chi connectivity index (χ2v) is 4.85. The van der Waals surface area contributed by atoms with Crippen molar-refractivity contribution in [2.75, 3.05) is 5.32 Å². The van der Waals surface area contributed by atoms with Gasteiger partial charge in [-0.25, -0.2) is 14.0 Å². The summed E-state index contributed by atoms with van der Waals surface area (Å²) in [6.07, 6.45) is 1.46. The first-order valence-corrected chi connectivity index (χ1v) is 6.43. The van der Waals surface area contributed by atoms with Crippen molar-refractivity contribution in [2.24, 2.45) is 0 Å². The standard InChI is InChI=1S/C14H19FN2O3/c1-4-14(3,5-2)17-13(20)16-11-8-9(12(18)19)6-7-10(11)15/h6-8H,4-5H2,1-3H3,(H,18,19)(H2,16,17,20). The van der Waals surface area contributed by atoms with Gasteiger partial charge in [0.1, 0.15) is 5.82 Å². The Labute approximate surface area is 117 Å². The van der Waals surface area contributed by atoms with Crippen LogP contribution in [0.3, 0.4) is 0 Å². The number of aromatic carboxylic acids is 1. The van der Waals surface area contributed by atoms with Gasteiger partial charge in [0.15, 0.2) is 0 Å². The summed E-state index contributed by atoms with van der Waals surface area (Å²) >= 11 is 0. The first-order chi connectivity index (χ1) is 9.31. The van der Waals surface area contributed by atoms with Crippen LogP contribution in [-0.2, 0) is 0 Å². The number of carbonyl (C=O) groups excluding carboxylic acids is 1. The highest BCUT2D eigenvalue weighted by Crippen LogP contribution is 2.18. The van der Waals surface area contributed by atoms with E-state index in [-0.39, 0.29) is 16.8 Å². The summed E-state index contributed by atoms with van der Waals surface area (Å²) in [5.74, 6) is -1.86. The van der Waals surface area contributed by atoms with Gasteiger partial charge in [-0.3, -0.25) is 0 Å². The van der Waals surface area contributed by atoms with E-state index in [2.05, 4.69) is 10.6 Å². The third-order valence-corrected chi connectivity index (χ3v) is 3.44. The van der Waals surface area contributed by atoms with Crippen LogP contribution in [0.1, 0.15) is 44.0 Å². The van der Waals surface area contributed by atoms with Gasteiger partial charge in [0.05, 0.1) is 11.3 Å². The lowest BCUT2D eigenvalue weighted by Crippen LogP contribution is -2.47. The van der Waals surface area contributed by atoms with Crippen molar-refractivity contribution in [1.82, 2.24) is 5.32 Å². The number of nitrogens with one attached hydrogen (secondary N) is 2. The van der Waals surface area contributed by atoms with Gasteiger partial charge < -0.3 is 15.7 Å². The van der Waals surface area contributed by atoms with Gasteiger partial charge >= 0.3 is 12.0 Å². The summed E-state index contributed by atoms with van der Waals surface area (Å²) in [5.41, 5.74) is -0.627. The van der Waals surface area contributed by atoms with Crippen molar-refractivity contribution in [1.29, 1.82) is 0 Å². The first-order valence-electron chi connectivity index (χ1n) is 6.43. The third kappa shape index (κ3) is 3.94.